The predicted octanol–water partition coefficient (Wildman–Crippen LogP) is 3.19. The van der Waals surface area contributed by atoms with Crippen LogP contribution in [0.4, 0.5) is 4.79 Å². The lowest BCUT2D eigenvalue weighted by molar-refractivity contribution is 0.123. The van der Waals surface area contributed by atoms with E-state index in [9.17, 15) is 4.79 Å². The minimum absolute atomic E-state index is 0.129. The minimum atomic E-state index is -0.144. The van der Waals surface area contributed by atoms with E-state index in [4.69, 9.17) is 4.74 Å². The maximum Gasteiger partial charge on any atom is 0.410 e. The number of hydrogen-bond acceptors (Lipinski definition) is 2. The van der Waals surface area contributed by atoms with Crippen molar-refractivity contribution in [1.29, 1.82) is 0 Å². The van der Waals surface area contributed by atoms with Gasteiger partial charge in [0.15, 0.2) is 0 Å². The highest BCUT2D eigenvalue weighted by atomic mass is 16.6. The normalized spacial score (nSPS) is 25.8. The summed E-state index contributed by atoms with van der Waals surface area (Å²) >= 11 is 0. The van der Waals surface area contributed by atoms with Gasteiger partial charge in [0.1, 0.15) is 6.10 Å². The number of amides is 1. The first-order valence-corrected chi connectivity index (χ1v) is 6.14. The molecule has 0 aromatic heterocycles. The number of hydrogen-bond donors (Lipinski definition) is 0. The van der Waals surface area contributed by atoms with Gasteiger partial charge in [0.05, 0.1) is 6.04 Å². The van der Waals surface area contributed by atoms with E-state index >= 15 is 0 Å². The van der Waals surface area contributed by atoms with E-state index < -0.39 is 0 Å². The van der Waals surface area contributed by atoms with Crippen LogP contribution in [0.1, 0.15) is 52.4 Å². The zero-order valence-electron chi connectivity index (χ0n) is 10.2. The Bertz CT molecular complexity index is 206. The summed E-state index contributed by atoms with van der Waals surface area (Å²) in [6.45, 7) is 4.33. The smallest absolute Gasteiger partial charge is 0.410 e. The summed E-state index contributed by atoms with van der Waals surface area (Å²) in [5, 5.41) is 0. The van der Waals surface area contributed by atoms with Crippen molar-refractivity contribution in [3.8, 4) is 0 Å². The molecule has 1 aliphatic heterocycles. The summed E-state index contributed by atoms with van der Waals surface area (Å²) in [6, 6.07) is 0.309. The van der Waals surface area contributed by atoms with Gasteiger partial charge < -0.3 is 9.64 Å². The maximum atomic E-state index is 11.4. The van der Waals surface area contributed by atoms with Crippen LogP contribution in [0.15, 0.2) is 0 Å². The Morgan fingerprint density at radius 1 is 1.20 bits per heavy atom. The Kier molecular flexibility index (Phi) is 4.92. The Balaban J connectivity index is 2.44. The van der Waals surface area contributed by atoms with E-state index in [0.717, 1.165) is 19.3 Å². The molecule has 1 rings (SSSR count). The molecule has 1 aliphatic rings. The van der Waals surface area contributed by atoms with E-state index in [0.29, 0.717) is 6.04 Å². The van der Waals surface area contributed by atoms with Crippen LogP contribution in [-0.2, 0) is 4.74 Å². The third kappa shape index (κ3) is 3.11. The second kappa shape index (κ2) is 5.99. The molecule has 3 heteroatoms. The number of cyclic esters (lactones) is 1. The molecule has 0 saturated carbocycles. The van der Waals surface area contributed by atoms with Crippen molar-refractivity contribution < 1.29 is 9.53 Å². The molecule has 1 amide bonds. The number of likely N-dealkylation sites (N-methyl/N-ethyl adjacent to an activating group) is 1. The summed E-state index contributed by atoms with van der Waals surface area (Å²) < 4.78 is 5.34. The van der Waals surface area contributed by atoms with Gasteiger partial charge in [-0.15, -0.1) is 0 Å². The van der Waals surface area contributed by atoms with Gasteiger partial charge >= 0.3 is 6.09 Å². The number of rotatable bonds is 6. The molecule has 0 aromatic carbocycles. The number of carbonyl (C=O) groups is 1. The van der Waals surface area contributed by atoms with Gasteiger partial charge in [-0.25, -0.2) is 4.79 Å². The van der Waals surface area contributed by atoms with Crippen LogP contribution in [-0.4, -0.2) is 30.2 Å². The van der Waals surface area contributed by atoms with Gasteiger partial charge in [-0.3, -0.25) is 0 Å². The van der Waals surface area contributed by atoms with Gasteiger partial charge in [-0.1, -0.05) is 39.5 Å². The SMILES string of the molecule is CCCCCC1C(CCC)OC(=O)N1C. The minimum Gasteiger partial charge on any atom is -0.444 e. The first-order valence-electron chi connectivity index (χ1n) is 6.14. The largest absolute Gasteiger partial charge is 0.444 e. The summed E-state index contributed by atoms with van der Waals surface area (Å²) in [6.07, 6.45) is 6.81. The fraction of sp³-hybridized carbons (Fsp3) is 0.917. The number of ether oxygens (including phenoxy) is 1. The van der Waals surface area contributed by atoms with Crippen LogP contribution in [0.5, 0.6) is 0 Å². The molecule has 0 aromatic rings. The van der Waals surface area contributed by atoms with Gasteiger partial charge in [-0.2, -0.15) is 0 Å². The van der Waals surface area contributed by atoms with Crippen molar-refractivity contribution in [1.82, 2.24) is 4.90 Å². The Labute approximate surface area is 92.8 Å². The summed E-state index contributed by atoms with van der Waals surface area (Å²) in [5.74, 6) is 0. The fourth-order valence-electron chi connectivity index (χ4n) is 2.19. The molecular formula is C12H23NO2. The van der Waals surface area contributed by atoms with Crippen LogP contribution in [0.3, 0.4) is 0 Å². The lowest BCUT2D eigenvalue weighted by Gasteiger charge is -2.20. The molecule has 0 aliphatic carbocycles. The van der Waals surface area contributed by atoms with Crippen molar-refractivity contribution in [2.24, 2.45) is 0 Å². The van der Waals surface area contributed by atoms with Gasteiger partial charge in [0.25, 0.3) is 0 Å². The molecule has 2 unspecified atom stereocenters. The number of nitrogens with zero attached hydrogens (tertiary/aromatic N) is 1. The molecule has 1 saturated heterocycles. The van der Waals surface area contributed by atoms with Gasteiger partial charge in [-0.05, 0) is 12.8 Å². The van der Waals surface area contributed by atoms with E-state index in [-0.39, 0.29) is 12.2 Å². The second-order valence-electron chi connectivity index (χ2n) is 4.38. The number of carbonyl (C=O) groups excluding carboxylic acids is 1. The highest BCUT2D eigenvalue weighted by Gasteiger charge is 2.37. The van der Waals surface area contributed by atoms with E-state index in [1.54, 1.807) is 4.90 Å². The van der Waals surface area contributed by atoms with Crippen molar-refractivity contribution in [3.05, 3.63) is 0 Å². The standard InChI is InChI=1S/C12H23NO2/c1-4-6-7-9-10-11(8-5-2)15-12(14)13(10)3/h10-11H,4-9H2,1-3H3. The van der Waals surface area contributed by atoms with Crippen molar-refractivity contribution in [2.75, 3.05) is 7.05 Å². The Morgan fingerprint density at radius 2 is 1.93 bits per heavy atom. The van der Waals surface area contributed by atoms with Crippen molar-refractivity contribution >= 4 is 6.09 Å². The van der Waals surface area contributed by atoms with Crippen LogP contribution in [0, 0.1) is 0 Å². The van der Waals surface area contributed by atoms with Crippen LogP contribution in [0.2, 0.25) is 0 Å². The van der Waals surface area contributed by atoms with Crippen LogP contribution >= 0.6 is 0 Å². The van der Waals surface area contributed by atoms with Crippen LogP contribution in [0.25, 0.3) is 0 Å². The Morgan fingerprint density at radius 3 is 2.53 bits per heavy atom. The number of unbranched alkanes of at least 4 members (excludes halogenated alkanes) is 2. The zero-order valence-corrected chi connectivity index (χ0v) is 10.2. The third-order valence-corrected chi connectivity index (χ3v) is 3.14. The van der Waals surface area contributed by atoms with Gasteiger partial charge in [0.2, 0.25) is 0 Å². The second-order valence-corrected chi connectivity index (χ2v) is 4.38. The van der Waals surface area contributed by atoms with Crippen molar-refractivity contribution in [2.45, 2.75) is 64.5 Å². The molecule has 1 fully saturated rings. The topological polar surface area (TPSA) is 29.5 Å². The van der Waals surface area contributed by atoms with E-state index in [1.165, 1.54) is 19.3 Å². The zero-order chi connectivity index (χ0) is 11.3. The molecule has 15 heavy (non-hydrogen) atoms. The first-order chi connectivity index (χ1) is 7.20. The first kappa shape index (κ1) is 12.3. The molecule has 1 heterocycles. The van der Waals surface area contributed by atoms with Gasteiger partial charge in [0, 0.05) is 7.05 Å². The average molecular weight is 213 g/mol. The molecule has 0 N–H and O–H groups in total. The van der Waals surface area contributed by atoms with Crippen molar-refractivity contribution in [3.63, 3.8) is 0 Å². The molecule has 88 valence electrons. The fourth-order valence-corrected chi connectivity index (χ4v) is 2.19. The predicted molar refractivity (Wildman–Crippen MR) is 60.9 cm³/mol. The highest BCUT2D eigenvalue weighted by Crippen LogP contribution is 2.25. The molecule has 2 atom stereocenters. The highest BCUT2D eigenvalue weighted by molar-refractivity contribution is 5.70. The average Bonchev–Trinajstić information content (AvgIpc) is 2.47. The van der Waals surface area contributed by atoms with Crippen LogP contribution < -0.4 is 0 Å². The lowest BCUT2D eigenvalue weighted by atomic mass is 10.00. The third-order valence-electron chi connectivity index (χ3n) is 3.14. The summed E-state index contributed by atoms with van der Waals surface area (Å²) in [4.78, 5) is 13.2. The van der Waals surface area contributed by atoms with E-state index in [1.807, 2.05) is 7.05 Å². The quantitative estimate of drug-likeness (QED) is 0.634. The summed E-state index contributed by atoms with van der Waals surface area (Å²) in [7, 11) is 1.86. The van der Waals surface area contributed by atoms with E-state index in [2.05, 4.69) is 13.8 Å². The maximum absolute atomic E-state index is 11.4. The summed E-state index contributed by atoms with van der Waals surface area (Å²) in [5.41, 5.74) is 0. The monoisotopic (exact) mass is 213 g/mol. The molecule has 3 nitrogen and oxygen atoms in total. The lowest BCUT2D eigenvalue weighted by Crippen LogP contribution is -2.33. The molecule has 0 bridgehead atoms. The Hall–Kier alpha value is -0.730. The molecule has 0 radical (unpaired) electrons. The molecule has 0 spiro atoms. The molecular weight excluding hydrogens is 190 g/mol.